The fourth-order valence-corrected chi connectivity index (χ4v) is 2.08. The third-order valence-corrected chi connectivity index (χ3v) is 4.10. The van der Waals surface area contributed by atoms with Crippen LogP contribution in [0.25, 0.3) is 0 Å². The van der Waals surface area contributed by atoms with Crippen molar-refractivity contribution in [2.75, 3.05) is 27.9 Å². The highest BCUT2D eigenvalue weighted by molar-refractivity contribution is 7.58. The molecule has 7 nitrogen and oxygen atoms in total. The maximum atomic E-state index is 11.9. The maximum Gasteiger partial charge on any atom is 0.395 e. The van der Waals surface area contributed by atoms with E-state index in [0.717, 1.165) is 14.2 Å². The molecule has 0 fully saturated rings. The number of hydrogen-bond donors (Lipinski definition) is 0. The Morgan fingerprint density at radius 2 is 1.62 bits per heavy atom. The molecule has 21 heavy (non-hydrogen) atoms. The average molecular weight is 316 g/mol. The van der Waals surface area contributed by atoms with Crippen LogP contribution >= 0.6 is 7.60 Å². The highest BCUT2D eigenvalue weighted by Gasteiger charge is 2.29. The number of carbonyl (C=O) groups excluding carboxylic acids is 1. The van der Waals surface area contributed by atoms with Gasteiger partial charge in [0, 0.05) is 14.2 Å². The minimum atomic E-state index is -3.64. The third-order valence-electron chi connectivity index (χ3n) is 2.43. The summed E-state index contributed by atoms with van der Waals surface area (Å²) in [5.74, 6) is 0.351. The molecule has 0 spiro atoms. The first-order valence-corrected chi connectivity index (χ1v) is 7.38. The van der Waals surface area contributed by atoms with Gasteiger partial charge < -0.3 is 23.3 Å². The molecule has 0 N–H and O–H groups in total. The van der Waals surface area contributed by atoms with E-state index in [1.54, 1.807) is 31.4 Å². The molecule has 1 aromatic rings. The smallest absolute Gasteiger partial charge is 0.395 e. The number of benzene rings is 1. The fourth-order valence-electron chi connectivity index (χ4n) is 1.31. The van der Waals surface area contributed by atoms with Gasteiger partial charge >= 0.3 is 13.6 Å². The molecule has 0 bridgehead atoms. The number of rotatable bonds is 8. The second-order valence-electron chi connectivity index (χ2n) is 3.69. The molecule has 0 aromatic heterocycles. The number of carbonyl (C=O) groups is 1. The van der Waals surface area contributed by atoms with E-state index in [4.69, 9.17) is 14.2 Å². The second-order valence-corrected chi connectivity index (χ2v) is 5.92. The van der Waals surface area contributed by atoms with Crippen LogP contribution < -0.4 is 9.47 Å². The topological polar surface area (TPSA) is 80.3 Å². The summed E-state index contributed by atoms with van der Waals surface area (Å²) in [7, 11) is 0.230. The number of hydrogen-bond acceptors (Lipinski definition) is 7. The maximum absolute atomic E-state index is 11.9. The Labute approximate surface area is 122 Å². The van der Waals surface area contributed by atoms with E-state index in [2.05, 4.69) is 15.6 Å². The van der Waals surface area contributed by atoms with E-state index in [9.17, 15) is 9.36 Å². The molecule has 8 heteroatoms. The summed E-state index contributed by atoms with van der Waals surface area (Å²) in [5.41, 5.74) is -0.393. The molecule has 0 amide bonds. The van der Waals surface area contributed by atoms with Crippen LogP contribution in [0.2, 0.25) is 0 Å². The minimum Gasteiger partial charge on any atom is -0.497 e. The molecule has 0 atom stereocenters. The van der Waals surface area contributed by atoms with Crippen molar-refractivity contribution >= 4 is 13.6 Å². The molecule has 0 unspecified atom stereocenters. The zero-order valence-corrected chi connectivity index (χ0v) is 12.9. The van der Waals surface area contributed by atoms with E-state index in [-0.39, 0.29) is 6.61 Å². The Morgan fingerprint density at radius 3 is 2.10 bits per heavy atom. The van der Waals surface area contributed by atoms with E-state index in [1.165, 1.54) is 0 Å². The summed E-state index contributed by atoms with van der Waals surface area (Å²) < 4.78 is 36.1. The van der Waals surface area contributed by atoms with Crippen LogP contribution in [0.4, 0.5) is 0 Å². The largest absolute Gasteiger partial charge is 0.497 e. The monoisotopic (exact) mass is 316 g/mol. The molecular weight excluding hydrogens is 299 g/mol. The third kappa shape index (κ3) is 4.90. The molecule has 0 aliphatic heterocycles. The SMILES string of the molecule is C=C(OC(=O)COc1ccc(OC)cc1)P(=O)(OC)OC. The Kier molecular flexibility index (Phi) is 6.42. The summed E-state index contributed by atoms with van der Waals surface area (Å²) in [6.07, 6.45) is 0. The molecule has 0 radical (unpaired) electrons. The lowest BCUT2D eigenvalue weighted by molar-refractivity contribution is -0.141. The number of methoxy groups -OCH3 is 1. The van der Waals surface area contributed by atoms with Gasteiger partial charge in [0.2, 0.25) is 5.50 Å². The van der Waals surface area contributed by atoms with Crippen molar-refractivity contribution in [1.82, 2.24) is 0 Å². The first-order chi connectivity index (χ1) is 9.95. The van der Waals surface area contributed by atoms with Gasteiger partial charge in [0.15, 0.2) is 6.61 Å². The van der Waals surface area contributed by atoms with Crippen LogP contribution in [-0.4, -0.2) is 33.9 Å². The van der Waals surface area contributed by atoms with Gasteiger partial charge in [0.1, 0.15) is 11.5 Å². The average Bonchev–Trinajstić information content (AvgIpc) is 2.52. The first-order valence-electron chi connectivity index (χ1n) is 5.83. The molecule has 0 aliphatic rings. The van der Waals surface area contributed by atoms with E-state index >= 15 is 0 Å². The van der Waals surface area contributed by atoms with E-state index in [1.807, 2.05) is 0 Å². The van der Waals surface area contributed by atoms with Crippen LogP contribution in [0.15, 0.2) is 36.3 Å². The fraction of sp³-hybridized carbons (Fsp3) is 0.308. The molecule has 0 saturated carbocycles. The van der Waals surface area contributed by atoms with Crippen molar-refractivity contribution < 1.29 is 32.6 Å². The van der Waals surface area contributed by atoms with Crippen molar-refractivity contribution in [2.24, 2.45) is 0 Å². The Morgan fingerprint density at radius 1 is 1.10 bits per heavy atom. The lowest BCUT2D eigenvalue weighted by Gasteiger charge is -2.15. The van der Waals surface area contributed by atoms with Crippen LogP contribution in [0.3, 0.4) is 0 Å². The summed E-state index contributed by atoms with van der Waals surface area (Å²) in [6, 6.07) is 6.64. The van der Waals surface area contributed by atoms with Crippen LogP contribution in [-0.2, 0) is 23.1 Å². The Balaban J connectivity index is 2.50. The summed E-state index contributed by atoms with van der Waals surface area (Å²) >= 11 is 0. The van der Waals surface area contributed by atoms with Gasteiger partial charge in [-0.15, -0.1) is 0 Å². The first kappa shape index (κ1) is 17.2. The standard InChI is InChI=1S/C13H17O7P/c1-10(21(15,17-3)18-4)20-13(14)9-19-12-7-5-11(16-2)6-8-12/h5-8H,1,9H2,2-4H3. The predicted molar refractivity (Wildman–Crippen MR) is 75.3 cm³/mol. The molecule has 0 saturated heterocycles. The highest BCUT2D eigenvalue weighted by Crippen LogP contribution is 2.54. The highest BCUT2D eigenvalue weighted by atomic mass is 31.2. The van der Waals surface area contributed by atoms with Gasteiger partial charge in [-0.2, -0.15) is 0 Å². The summed E-state index contributed by atoms with van der Waals surface area (Å²) in [5, 5.41) is 0. The molecule has 1 rings (SSSR count). The number of ether oxygens (including phenoxy) is 3. The van der Waals surface area contributed by atoms with Gasteiger partial charge in [0.25, 0.3) is 0 Å². The summed E-state index contributed by atoms with van der Waals surface area (Å²) in [4.78, 5) is 11.6. The minimum absolute atomic E-state index is 0.376. The Hall–Kier alpha value is -1.82. The van der Waals surface area contributed by atoms with Crippen LogP contribution in [0.5, 0.6) is 11.5 Å². The number of esters is 1. The van der Waals surface area contributed by atoms with Gasteiger partial charge in [-0.25, -0.2) is 4.79 Å². The Bertz CT molecular complexity index is 530. The van der Waals surface area contributed by atoms with Crippen molar-refractivity contribution in [2.45, 2.75) is 0 Å². The quantitative estimate of drug-likeness (QED) is 0.414. The van der Waals surface area contributed by atoms with E-state index < -0.39 is 19.1 Å². The zero-order chi connectivity index (χ0) is 15.9. The lowest BCUT2D eigenvalue weighted by atomic mass is 10.3. The molecule has 0 aliphatic carbocycles. The van der Waals surface area contributed by atoms with Gasteiger partial charge in [-0.05, 0) is 30.8 Å². The van der Waals surface area contributed by atoms with Crippen molar-refractivity contribution in [3.63, 3.8) is 0 Å². The van der Waals surface area contributed by atoms with Gasteiger partial charge in [0.05, 0.1) is 7.11 Å². The summed E-state index contributed by atoms with van der Waals surface area (Å²) in [6.45, 7) is 2.98. The lowest BCUT2D eigenvalue weighted by Crippen LogP contribution is -2.15. The van der Waals surface area contributed by atoms with Crippen molar-refractivity contribution in [3.05, 3.63) is 36.3 Å². The predicted octanol–water partition coefficient (Wildman–Crippen LogP) is 2.57. The van der Waals surface area contributed by atoms with Crippen LogP contribution in [0, 0.1) is 0 Å². The van der Waals surface area contributed by atoms with Crippen molar-refractivity contribution in [1.29, 1.82) is 0 Å². The second kappa shape index (κ2) is 7.83. The molecular formula is C13H17O7P. The van der Waals surface area contributed by atoms with Gasteiger partial charge in [-0.3, -0.25) is 4.57 Å². The molecule has 1 aromatic carbocycles. The molecule has 116 valence electrons. The van der Waals surface area contributed by atoms with Gasteiger partial charge in [-0.1, -0.05) is 0 Å². The van der Waals surface area contributed by atoms with E-state index in [0.29, 0.717) is 11.5 Å². The zero-order valence-electron chi connectivity index (χ0n) is 12.0. The van der Waals surface area contributed by atoms with Crippen molar-refractivity contribution in [3.8, 4) is 11.5 Å². The normalized spacial score (nSPS) is 10.8. The molecule has 0 heterocycles. The van der Waals surface area contributed by atoms with Crippen LogP contribution in [0.1, 0.15) is 0 Å².